The van der Waals surface area contributed by atoms with Gasteiger partial charge in [-0.3, -0.25) is 14.7 Å². The molecule has 1 amide bonds. The second-order valence-electron chi connectivity index (χ2n) is 6.09. The Morgan fingerprint density at radius 1 is 1.26 bits per heavy atom. The summed E-state index contributed by atoms with van der Waals surface area (Å²) in [5.41, 5.74) is 0.956. The molecule has 0 atom stereocenters. The average Bonchev–Trinajstić information content (AvgIpc) is 3.33. The molecule has 0 bridgehead atoms. The molecule has 0 aliphatic rings. The lowest BCUT2D eigenvalue weighted by Crippen LogP contribution is -2.32. The smallest absolute Gasteiger partial charge is 0.274 e. The molecule has 2 N–H and O–H groups in total. The molecule has 0 unspecified atom stereocenters. The molecule has 0 fully saturated rings. The molecular formula is C19H17N5O2S. The number of aromatic nitrogens is 4. The lowest BCUT2D eigenvalue weighted by Gasteiger charge is -2.06. The maximum absolute atomic E-state index is 12.4. The molecule has 0 aliphatic carbocycles. The predicted octanol–water partition coefficient (Wildman–Crippen LogP) is 2.59. The summed E-state index contributed by atoms with van der Waals surface area (Å²) in [5, 5.41) is 15.3. The summed E-state index contributed by atoms with van der Waals surface area (Å²) in [4.78, 5) is 26.9. The topological polar surface area (TPSA) is 92.7 Å². The van der Waals surface area contributed by atoms with Gasteiger partial charge in [0, 0.05) is 16.8 Å². The molecule has 0 saturated carbocycles. The zero-order chi connectivity index (χ0) is 18.8. The second-order valence-corrected chi connectivity index (χ2v) is 7.38. The third-order valence-corrected chi connectivity index (χ3v) is 5.22. The van der Waals surface area contributed by atoms with Crippen LogP contribution in [0.25, 0.3) is 21.3 Å². The van der Waals surface area contributed by atoms with Crippen molar-refractivity contribution in [3.8, 4) is 10.6 Å². The summed E-state index contributed by atoms with van der Waals surface area (Å²) in [5.74, 6) is -0.292. The third-order valence-electron chi connectivity index (χ3n) is 4.19. The highest BCUT2D eigenvalue weighted by atomic mass is 32.1. The Morgan fingerprint density at radius 2 is 2.11 bits per heavy atom. The van der Waals surface area contributed by atoms with Crippen molar-refractivity contribution in [1.29, 1.82) is 0 Å². The molecule has 1 aromatic carbocycles. The normalized spacial score (nSPS) is 11.0. The van der Waals surface area contributed by atoms with Gasteiger partial charge in [-0.1, -0.05) is 18.2 Å². The molecule has 7 nitrogen and oxygen atoms in total. The van der Waals surface area contributed by atoms with E-state index in [0.29, 0.717) is 11.1 Å². The van der Waals surface area contributed by atoms with Crippen LogP contribution in [0.15, 0.2) is 53.5 Å². The Hall–Kier alpha value is -3.26. The number of H-pyrrole nitrogens is 1. The van der Waals surface area contributed by atoms with Crippen molar-refractivity contribution in [2.75, 3.05) is 6.54 Å². The van der Waals surface area contributed by atoms with Crippen molar-refractivity contribution in [3.63, 3.8) is 0 Å². The predicted molar refractivity (Wildman–Crippen MR) is 105 cm³/mol. The maximum atomic E-state index is 12.4. The van der Waals surface area contributed by atoms with Crippen LogP contribution in [0.3, 0.4) is 0 Å². The minimum Gasteiger partial charge on any atom is -0.349 e. The average molecular weight is 379 g/mol. The summed E-state index contributed by atoms with van der Waals surface area (Å²) in [6.45, 7) is 2.60. The molecule has 0 radical (unpaired) electrons. The highest BCUT2D eigenvalue weighted by molar-refractivity contribution is 7.15. The van der Waals surface area contributed by atoms with Crippen LogP contribution in [0, 0.1) is 6.92 Å². The van der Waals surface area contributed by atoms with Crippen LogP contribution in [0.4, 0.5) is 0 Å². The zero-order valence-electron chi connectivity index (χ0n) is 14.6. The number of aryl methyl sites for hydroxylation is 1. The first-order valence-electron chi connectivity index (χ1n) is 8.47. The number of nitrogens with one attached hydrogen (secondary N) is 2. The first-order chi connectivity index (χ1) is 13.1. The zero-order valence-corrected chi connectivity index (χ0v) is 15.4. The molecule has 136 valence electrons. The molecule has 27 heavy (non-hydrogen) atoms. The summed E-state index contributed by atoms with van der Waals surface area (Å²) in [6.07, 6.45) is 1.65. The Morgan fingerprint density at radius 3 is 2.93 bits per heavy atom. The number of carbonyl (C=O) groups is 1. The van der Waals surface area contributed by atoms with Crippen molar-refractivity contribution in [2.45, 2.75) is 13.5 Å². The van der Waals surface area contributed by atoms with E-state index in [-0.39, 0.29) is 24.6 Å². The Labute approximate surface area is 158 Å². The van der Waals surface area contributed by atoms with Gasteiger partial charge < -0.3 is 5.32 Å². The molecule has 4 rings (SSSR count). The van der Waals surface area contributed by atoms with Gasteiger partial charge in [0.15, 0.2) is 5.69 Å². The van der Waals surface area contributed by atoms with Gasteiger partial charge in [-0.05, 0) is 31.2 Å². The number of nitrogens with zero attached hydrogens (tertiary/aromatic N) is 3. The molecule has 8 heteroatoms. The number of hydrogen-bond donors (Lipinski definition) is 2. The standard InChI is InChI=1S/C19H17N5O2S/c1-12-6-7-17(27-12)15-10-16(23-22-15)18(25)20-8-9-24-19(26)14-5-3-2-4-13(14)11-21-24/h2-7,10-11H,8-9H2,1H3,(H,20,25)(H,22,23). The molecule has 3 aromatic heterocycles. The molecule has 0 aliphatic heterocycles. The maximum Gasteiger partial charge on any atom is 0.274 e. The van der Waals surface area contributed by atoms with Gasteiger partial charge in [0.1, 0.15) is 0 Å². The number of amides is 1. The number of carbonyl (C=O) groups excluding carboxylic acids is 1. The molecular weight excluding hydrogens is 362 g/mol. The van der Waals surface area contributed by atoms with Gasteiger partial charge in [-0.15, -0.1) is 11.3 Å². The Balaban J connectivity index is 1.41. The molecule has 0 saturated heterocycles. The van der Waals surface area contributed by atoms with Gasteiger partial charge in [-0.2, -0.15) is 10.2 Å². The van der Waals surface area contributed by atoms with E-state index in [2.05, 4.69) is 20.6 Å². The fourth-order valence-corrected chi connectivity index (χ4v) is 3.63. The van der Waals surface area contributed by atoms with Crippen molar-refractivity contribution in [1.82, 2.24) is 25.3 Å². The number of aromatic amines is 1. The van der Waals surface area contributed by atoms with Gasteiger partial charge in [-0.25, -0.2) is 4.68 Å². The van der Waals surface area contributed by atoms with Crippen molar-refractivity contribution < 1.29 is 4.79 Å². The molecule has 3 heterocycles. The highest BCUT2D eigenvalue weighted by Gasteiger charge is 2.12. The number of hydrogen-bond acceptors (Lipinski definition) is 5. The van der Waals surface area contributed by atoms with Gasteiger partial charge in [0.05, 0.1) is 28.7 Å². The van der Waals surface area contributed by atoms with E-state index in [1.807, 2.05) is 37.3 Å². The van der Waals surface area contributed by atoms with Crippen molar-refractivity contribution >= 4 is 28.0 Å². The SMILES string of the molecule is Cc1ccc(-c2cc(C(=O)NCCn3ncc4ccccc4c3=O)n[nH]2)s1. The van der Waals surface area contributed by atoms with E-state index in [9.17, 15) is 9.59 Å². The number of thiophene rings is 1. The van der Waals surface area contributed by atoms with Crippen LogP contribution >= 0.6 is 11.3 Å². The minimum absolute atomic E-state index is 0.169. The largest absolute Gasteiger partial charge is 0.349 e. The van der Waals surface area contributed by atoms with E-state index in [0.717, 1.165) is 16.0 Å². The van der Waals surface area contributed by atoms with E-state index < -0.39 is 0 Å². The summed E-state index contributed by atoms with van der Waals surface area (Å²) in [6, 6.07) is 13.0. The molecule has 4 aromatic rings. The number of benzene rings is 1. The Bertz CT molecular complexity index is 1170. The van der Waals surface area contributed by atoms with E-state index in [1.54, 1.807) is 29.7 Å². The van der Waals surface area contributed by atoms with Crippen LogP contribution in [-0.2, 0) is 6.54 Å². The quantitative estimate of drug-likeness (QED) is 0.557. The summed E-state index contributed by atoms with van der Waals surface area (Å²) >= 11 is 1.63. The fraction of sp³-hybridized carbons (Fsp3) is 0.158. The van der Waals surface area contributed by atoms with Crippen LogP contribution in [-0.4, -0.2) is 32.4 Å². The number of rotatable bonds is 5. The van der Waals surface area contributed by atoms with Crippen LogP contribution < -0.4 is 10.9 Å². The summed E-state index contributed by atoms with van der Waals surface area (Å²) < 4.78 is 1.35. The van der Waals surface area contributed by atoms with Crippen LogP contribution in [0.1, 0.15) is 15.4 Å². The lowest BCUT2D eigenvalue weighted by molar-refractivity contribution is 0.0946. The van der Waals surface area contributed by atoms with E-state index in [4.69, 9.17) is 0 Å². The monoisotopic (exact) mass is 379 g/mol. The van der Waals surface area contributed by atoms with Crippen molar-refractivity contribution in [3.05, 3.63) is 69.6 Å². The first kappa shape index (κ1) is 17.2. The van der Waals surface area contributed by atoms with E-state index in [1.165, 1.54) is 9.56 Å². The fourth-order valence-electron chi connectivity index (χ4n) is 2.80. The first-order valence-corrected chi connectivity index (χ1v) is 9.29. The van der Waals surface area contributed by atoms with Crippen LogP contribution in [0.2, 0.25) is 0 Å². The molecule has 0 spiro atoms. The van der Waals surface area contributed by atoms with Gasteiger partial charge in [0.25, 0.3) is 11.5 Å². The third kappa shape index (κ3) is 3.52. The van der Waals surface area contributed by atoms with Gasteiger partial charge in [0.2, 0.25) is 0 Å². The summed E-state index contributed by atoms with van der Waals surface area (Å²) in [7, 11) is 0. The van der Waals surface area contributed by atoms with Crippen molar-refractivity contribution in [2.24, 2.45) is 0 Å². The second kappa shape index (κ2) is 7.16. The van der Waals surface area contributed by atoms with E-state index >= 15 is 0 Å². The Kier molecular flexibility index (Phi) is 4.55. The highest BCUT2D eigenvalue weighted by Crippen LogP contribution is 2.26. The minimum atomic E-state index is -0.292. The van der Waals surface area contributed by atoms with Gasteiger partial charge >= 0.3 is 0 Å². The van der Waals surface area contributed by atoms with Crippen LogP contribution in [0.5, 0.6) is 0 Å². The number of fused-ring (bicyclic) bond motifs is 1. The lowest BCUT2D eigenvalue weighted by atomic mass is 10.2.